The number of furan rings is 1. The minimum Gasteiger partial charge on any atom is -0.468 e. The van der Waals surface area contributed by atoms with E-state index < -0.39 is 0 Å². The zero-order valence-electron chi connectivity index (χ0n) is 14.2. The van der Waals surface area contributed by atoms with Crippen LogP contribution in [0, 0.1) is 0 Å². The van der Waals surface area contributed by atoms with Crippen molar-refractivity contribution in [2.75, 3.05) is 19.6 Å². The van der Waals surface area contributed by atoms with E-state index in [0.29, 0.717) is 26.2 Å². The first-order chi connectivity index (χ1) is 11.6. The Morgan fingerprint density at radius 1 is 1.25 bits per heavy atom. The Labute approximate surface area is 146 Å². The minimum absolute atomic E-state index is 0.0912. The summed E-state index contributed by atoms with van der Waals surface area (Å²) in [7, 11) is 0. The number of hydrogen-bond donors (Lipinski definition) is 0. The number of amides is 1. The van der Waals surface area contributed by atoms with Gasteiger partial charge in [0.25, 0.3) is 0 Å². The fraction of sp³-hybridized carbons (Fsp3) is 0.500. The Kier molecular flexibility index (Phi) is 5.71. The first kappa shape index (κ1) is 17.2. The van der Waals surface area contributed by atoms with Crippen molar-refractivity contribution in [1.29, 1.82) is 0 Å². The van der Waals surface area contributed by atoms with Crippen LogP contribution in [0.25, 0.3) is 0 Å². The molecule has 2 aromatic rings. The van der Waals surface area contributed by atoms with Crippen molar-refractivity contribution in [1.82, 2.24) is 9.80 Å². The number of carbonyl (C=O) groups is 1. The molecule has 2 aromatic heterocycles. The van der Waals surface area contributed by atoms with Crippen LogP contribution in [0.5, 0.6) is 0 Å². The maximum absolute atomic E-state index is 12.8. The summed E-state index contributed by atoms with van der Waals surface area (Å²) in [6, 6.07) is 7.97. The average molecular weight is 348 g/mol. The second-order valence-electron chi connectivity index (χ2n) is 6.36. The van der Waals surface area contributed by atoms with E-state index in [2.05, 4.69) is 16.3 Å². The van der Waals surface area contributed by atoms with Crippen molar-refractivity contribution in [2.45, 2.75) is 39.1 Å². The van der Waals surface area contributed by atoms with Crippen LogP contribution in [0.2, 0.25) is 0 Å². The second-order valence-corrected chi connectivity index (χ2v) is 7.39. The largest absolute Gasteiger partial charge is 0.468 e. The molecule has 3 heterocycles. The molecule has 6 heteroatoms. The monoisotopic (exact) mass is 348 g/mol. The van der Waals surface area contributed by atoms with Gasteiger partial charge in [-0.25, -0.2) is 0 Å². The van der Waals surface area contributed by atoms with Gasteiger partial charge < -0.3 is 14.1 Å². The van der Waals surface area contributed by atoms with Gasteiger partial charge in [-0.1, -0.05) is 6.07 Å². The van der Waals surface area contributed by atoms with Crippen LogP contribution in [0.4, 0.5) is 0 Å². The van der Waals surface area contributed by atoms with Crippen LogP contribution < -0.4 is 0 Å². The molecule has 1 aliphatic heterocycles. The number of thiophene rings is 1. The van der Waals surface area contributed by atoms with Crippen LogP contribution in [0.1, 0.15) is 24.5 Å². The molecule has 2 atom stereocenters. The Morgan fingerprint density at radius 2 is 2.04 bits per heavy atom. The standard InChI is InChI=1S/C18H24N2O3S/c1-14-9-20(10-15(2)23-14)18(21)13-19(11-16-5-3-7-22-16)12-17-6-4-8-24-17/h3-8,14-15H,9-13H2,1-2H3. The molecular formula is C18H24N2O3S. The van der Waals surface area contributed by atoms with Gasteiger partial charge in [0.15, 0.2) is 0 Å². The molecule has 1 fully saturated rings. The molecular weight excluding hydrogens is 324 g/mol. The SMILES string of the molecule is CC1CN(C(=O)CN(Cc2ccco2)Cc2cccs2)CC(C)O1. The van der Waals surface area contributed by atoms with Crippen molar-refractivity contribution >= 4 is 17.2 Å². The summed E-state index contributed by atoms with van der Waals surface area (Å²) in [5.74, 6) is 1.03. The number of rotatable bonds is 6. The highest BCUT2D eigenvalue weighted by atomic mass is 32.1. The zero-order valence-corrected chi connectivity index (χ0v) is 15.0. The van der Waals surface area contributed by atoms with Gasteiger partial charge in [0, 0.05) is 24.5 Å². The average Bonchev–Trinajstić information content (AvgIpc) is 3.20. The third-order valence-corrected chi connectivity index (χ3v) is 4.91. The zero-order chi connectivity index (χ0) is 16.9. The molecule has 0 bridgehead atoms. The Hall–Kier alpha value is -1.63. The summed E-state index contributed by atoms with van der Waals surface area (Å²) in [6.45, 7) is 7.13. The van der Waals surface area contributed by atoms with Crippen molar-refractivity contribution in [3.8, 4) is 0 Å². The highest BCUT2D eigenvalue weighted by Crippen LogP contribution is 2.16. The third kappa shape index (κ3) is 4.69. The highest BCUT2D eigenvalue weighted by molar-refractivity contribution is 7.09. The molecule has 0 saturated carbocycles. The Morgan fingerprint density at radius 3 is 2.67 bits per heavy atom. The third-order valence-electron chi connectivity index (χ3n) is 4.05. The molecule has 24 heavy (non-hydrogen) atoms. The van der Waals surface area contributed by atoms with Crippen LogP contribution in [-0.2, 0) is 22.6 Å². The molecule has 0 aromatic carbocycles. The minimum atomic E-state index is 0.0912. The lowest BCUT2D eigenvalue weighted by molar-refractivity contribution is -0.144. The van der Waals surface area contributed by atoms with Gasteiger partial charge in [-0.05, 0) is 37.4 Å². The Balaban J connectivity index is 1.64. The number of hydrogen-bond acceptors (Lipinski definition) is 5. The van der Waals surface area contributed by atoms with E-state index in [4.69, 9.17) is 9.15 Å². The Bertz CT molecular complexity index is 580. The lowest BCUT2D eigenvalue weighted by Crippen LogP contribution is -2.50. The summed E-state index contributed by atoms with van der Waals surface area (Å²) >= 11 is 1.71. The van der Waals surface area contributed by atoms with Crippen molar-refractivity contribution in [2.24, 2.45) is 0 Å². The molecule has 0 N–H and O–H groups in total. The van der Waals surface area contributed by atoms with Crippen LogP contribution in [0.3, 0.4) is 0 Å². The molecule has 0 spiro atoms. The van der Waals surface area contributed by atoms with E-state index in [-0.39, 0.29) is 18.1 Å². The van der Waals surface area contributed by atoms with E-state index in [1.807, 2.05) is 36.9 Å². The topological polar surface area (TPSA) is 45.9 Å². The van der Waals surface area contributed by atoms with Gasteiger partial charge in [-0.15, -0.1) is 11.3 Å². The number of ether oxygens (including phenoxy) is 1. The van der Waals surface area contributed by atoms with Crippen LogP contribution in [-0.4, -0.2) is 47.5 Å². The fourth-order valence-electron chi connectivity index (χ4n) is 3.09. The van der Waals surface area contributed by atoms with Gasteiger partial charge in [-0.3, -0.25) is 9.69 Å². The smallest absolute Gasteiger partial charge is 0.236 e. The van der Waals surface area contributed by atoms with Gasteiger partial charge >= 0.3 is 0 Å². The molecule has 3 rings (SSSR count). The van der Waals surface area contributed by atoms with E-state index in [1.54, 1.807) is 17.6 Å². The quantitative estimate of drug-likeness (QED) is 0.805. The highest BCUT2D eigenvalue weighted by Gasteiger charge is 2.27. The first-order valence-electron chi connectivity index (χ1n) is 8.30. The maximum Gasteiger partial charge on any atom is 0.236 e. The molecule has 1 saturated heterocycles. The van der Waals surface area contributed by atoms with Crippen molar-refractivity contribution in [3.63, 3.8) is 0 Å². The van der Waals surface area contributed by atoms with E-state index in [0.717, 1.165) is 12.3 Å². The molecule has 0 radical (unpaired) electrons. The van der Waals surface area contributed by atoms with Crippen molar-refractivity contribution in [3.05, 3.63) is 46.5 Å². The summed E-state index contributed by atoms with van der Waals surface area (Å²) < 4.78 is 11.2. The first-order valence-corrected chi connectivity index (χ1v) is 9.18. The van der Waals surface area contributed by atoms with E-state index in [1.165, 1.54) is 4.88 Å². The molecule has 130 valence electrons. The summed E-state index contributed by atoms with van der Waals surface area (Å²) in [5, 5.41) is 2.06. The van der Waals surface area contributed by atoms with Crippen LogP contribution in [0.15, 0.2) is 40.3 Å². The van der Waals surface area contributed by atoms with Gasteiger partial charge in [0.1, 0.15) is 5.76 Å². The van der Waals surface area contributed by atoms with E-state index in [9.17, 15) is 4.79 Å². The molecule has 1 aliphatic rings. The lowest BCUT2D eigenvalue weighted by Gasteiger charge is -2.36. The van der Waals surface area contributed by atoms with E-state index >= 15 is 0 Å². The number of morpholine rings is 1. The molecule has 5 nitrogen and oxygen atoms in total. The summed E-state index contributed by atoms with van der Waals surface area (Å²) in [5.41, 5.74) is 0. The number of carbonyl (C=O) groups excluding carboxylic acids is 1. The predicted octanol–water partition coefficient (Wildman–Crippen LogP) is 2.98. The molecule has 1 amide bonds. The summed E-state index contributed by atoms with van der Waals surface area (Å²) in [6.07, 6.45) is 1.85. The fourth-order valence-corrected chi connectivity index (χ4v) is 3.83. The predicted molar refractivity (Wildman–Crippen MR) is 93.7 cm³/mol. The van der Waals surface area contributed by atoms with Gasteiger partial charge in [-0.2, -0.15) is 0 Å². The second kappa shape index (κ2) is 7.96. The lowest BCUT2D eigenvalue weighted by atomic mass is 10.2. The molecule has 2 unspecified atom stereocenters. The summed E-state index contributed by atoms with van der Waals surface area (Å²) in [4.78, 5) is 18.1. The van der Waals surface area contributed by atoms with Gasteiger partial charge in [0.2, 0.25) is 5.91 Å². The van der Waals surface area contributed by atoms with Gasteiger partial charge in [0.05, 0.1) is 31.6 Å². The number of nitrogens with zero attached hydrogens (tertiary/aromatic N) is 2. The van der Waals surface area contributed by atoms with Crippen LogP contribution >= 0.6 is 11.3 Å². The molecule has 0 aliphatic carbocycles. The maximum atomic E-state index is 12.8. The normalized spacial score (nSPS) is 21.4. The van der Waals surface area contributed by atoms with Crippen molar-refractivity contribution < 1.29 is 13.9 Å².